The van der Waals surface area contributed by atoms with E-state index < -0.39 is 10.8 Å². The minimum atomic E-state index is -0.681. The predicted molar refractivity (Wildman–Crippen MR) is 421 cm³/mol. The van der Waals surface area contributed by atoms with Gasteiger partial charge in [0.2, 0.25) is 0 Å². The molecule has 15 aromatic rings. The third kappa shape index (κ3) is 8.29. The second kappa shape index (κ2) is 22.9. The summed E-state index contributed by atoms with van der Waals surface area (Å²) in [4.78, 5) is 2.68. The number of anilines is 3. The van der Waals surface area contributed by atoms with Crippen LogP contribution in [0.15, 0.2) is 264 Å². The van der Waals surface area contributed by atoms with Crippen LogP contribution < -0.4 is 4.90 Å². The second-order valence-electron chi connectivity index (χ2n) is 30.1. The summed E-state index contributed by atoms with van der Waals surface area (Å²) >= 11 is 0. The molecule has 5 aliphatic rings. The predicted octanol–water partition coefficient (Wildman–Crippen LogP) is 27.2. The van der Waals surface area contributed by atoms with E-state index in [1.165, 1.54) is 218 Å². The molecule has 13 aromatic carbocycles. The highest BCUT2D eigenvalue weighted by atomic mass is 16.3. The molecule has 0 saturated heterocycles. The van der Waals surface area contributed by atoms with E-state index in [9.17, 15) is 0 Å². The van der Waals surface area contributed by atoms with Gasteiger partial charge >= 0.3 is 0 Å². The van der Waals surface area contributed by atoms with Gasteiger partial charge in [-0.25, -0.2) is 0 Å². The summed E-state index contributed by atoms with van der Waals surface area (Å²) in [5.74, 6) is 0. The molecule has 0 radical (unpaired) electrons. The first-order valence-corrected chi connectivity index (χ1v) is 37.5. The van der Waals surface area contributed by atoms with Gasteiger partial charge in [0.05, 0.1) is 16.5 Å². The molecule has 0 bridgehead atoms. The van der Waals surface area contributed by atoms with Gasteiger partial charge in [-0.15, -0.1) is 0 Å². The van der Waals surface area contributed by atoms with Crippen LogP contribution in [-0.4, -0.2) is 0 Å². The van der Waals surface area contributed by atoms with E-state index in [2.05, 4.69) is 294 Å². The first-order valence-electron chi connectivity index (χ1n) is 37.5. The zero-order valence-corrected chi connectivity index (χ0v) is 58.5. The van der Waals surface area contributed by atoms with Crippen molar-refractivity contribution in [3.05, 3.63) is 327 Å². The van der Waals surface area contributed by atoms with Crippen LogP contribution in [0.2, 0.25) is 0 Å². The van der Waals surface area contributed by atoms with Crippen molar-refractivity contribution in [2.45, 2.75) is 128 Å². The van der Waals surface area contributed by atoms with E-state index in [-0.39, 0.29) is 5.41 Å². The highest BCUT2D eigenvalue weighted by molar-refractivity contribution is 6.20. The lowest BCUT2D eigenvalue weighted by Crippen LogP contribution is -2.27. The molecule has 0 unspecified atom stereocenters. The Labute approximate surface area is 592 Å². The van der Waals surface area contributed by atoms with Crippen LogP contribution in [0.4, 0.5) is 17.1 Å². The maximum absolute atomic E-state index is 7.16. The number of benzene rings is 13. The maximum Gasteiger partial charge on any atom is 0.143 e. The average molecular weight is 1300 g/mol. The van der Waals surface area contributed by atoms with Crippen LogP contribution in [0.3, 0.4) is 0 Å². The van der Waals surface area contributed by atoms with Crippen LogP contribution in [-0.2, 0) is 16.2 Å². The fraction of sp³-hybridized carbons (Fsp3) is 0.204. The molecule has 0 fully saturated rings. The number of unbranched alkanes of at least 4 members (excludes halogenated alkanes) is 8. The number of rotatable bonds is 16. The molecule has 2 aromatic heterocycles. The molecule has 490 valence electrons. The van der Waals surface area contributed by atoms with Gasteiger partial charge in [0.25, 0.3) is 0 Å². The van der Waals surface area contributed by atoms with Crippen molar-refractivity contribution in [3.8, 4) is 66.8 Å². The number of hydrogen-bond donors (Lipinski definition) is 0. The molecule has 0 atom stereocenters. The molecular weight excluding hydrogens is 1220 g/mol. The SMILES string of the molecule is CCCCCCCC1(CCCCCCC)c2cc(N(c3ccc4c(c3)C3(c5ccccc5-c5ccccc53)c3cc5c(cc3-4)C3(c4ccccc4-c4ccccc43)c3ccc4oc6ccccc6c4c3-5)c3c(C)cc(C)cc3C)ccc2-c2c1cc(-c1ccccc1)c1oc3ccccc3c21. The Morgan fingerprint density at radius 2 is 0.762 bits per heavy atom. The molecule has 20 rings (SSSR count). The van der Waals surface area contributed by atoms with Crippen molar-refractivity contribution in [3.63, 3.8) is 0 Å². The summed E-state index contributed by atoms with van der Waals surface area (Å²) < 4.78 is 14.1. The molecule has 2 heterocycles. The summed E-state index contributed by atoms with van der Waals surface area (Å²) in [5.41, 5.74) is 38.5. The normalized spacial score (nSPS) is 14.5. The van der Waals surface area contributed by atoms with E-state index in [0.717, 1.165) is 59.1 Å². The van der Waals surface area contributed by atoms with E-state index in [0.29, 0.717) is 0 Å². The zero-order valence-electron chi connectivity index (χ0n) is 58.5. The van der Waals surface area contributed by atoms with Crippen LogP contribution in [0, 0.1) is 20.8 Å². The van der Waals surface area contributed by atoms with Crippen LogP contribution in [0.1, 0.15) is 163 Å². The van der Waals surface area contributed by atoms with E-state index in [4.69, 9.17) is 8.83 Å². The van der Waals surface area contributed by atoms with E-state index in [1.54, 1.807) is 0 Å². The van der Waals surface area contributed by atoms with Crippen molar-refractivity contribution < 1.29 is 8.83 Å². The van der Waals surface area contributed by atoms with Gasteiger partial charge in [-0.2, -0.15) is 0 Å². The number of hydrogen-bond acceptors (Lipinski definition) is 3. The quantitative estimate of drug-likeness (QED) is 0.0903. The molecule has 0 aliphatic heterocycles. The number of fused-ring (bicyclic) bond motifs is 31. The fourth-order valence-electron chi connectivity index (χ4n) is 20.7. The van der Waals surface area contributed by atoms with Crippen molar-refractivity contribution in [1.29, 1.82) is 0 Å². The minimum absolute atomic E-state index is 0.260. The Morgan fingerprint density at radius 1 is 0.307 bits per heavy atom. The number of nitrogens with zero attached hydrogens (tertiary/aromatic N) is 1. The van der Waals surface area contributed by atoms with Crippen LogP contribution in [0.25, 0.3) is 111 Å². The first-order chi connectivity index (χ1) is 49.8. The van der Waals surface area contributed by atoms with E-state index in [1.807, 2.05) is 0 Å². The zero-order chi connectivity index (χ0) is 67.5. The lowest BCUT2D eigenvalue weighted by Gasteiger charge is -2.35. The summed E-state index contributed by atoms with van der Waals surface area (Å²) in [6.07, 6.45) is 14.4. The first kappa shape index (κ1) is 60.2. The number of aryl methyl sites for hydroxylation is 3. The fourth-order valence-corrected chi connectivity index (χ4v) is 20.7. The average Bonchev–Trinajstić information content (AvgIpc) is 1.49. The van der Waals surface area contributed by atoms with Crippen molar-refractivity contribution >= 4 is 60.9 Å². The van der Waals surface area contributed by atoms with Gasteiger partial charge in [0.1, 0.15) is 22.3 Å². The molecule has 101 heavy (non-hydrogen) atoms. The summed E-state index contributed by atoms with van der Waals surface area (Å²) in [7, 11) is 0. The van der Waals surface area contributed by atoms with Gasteiger partial charge in [-0.3, -0.25) is 0 Å². The van der Waals surface area contributed by atoms with Crippen molar-refractivity contribution in [1.82, 2.24) is 0 Å². The smallest absolute Gasteiger partial charge is 0.143 e. The largest absolute Gasteiger partial charge is 0.456 e. The Kier molecular flexibility index (Phi) is 13.7. The molecule has 3 nitrogen and oxygen atoms in total. The third-order valence-electron chi connectivity index (χ3n) is 24.6. The monoisotopic (exact) mass is 1300 g/mol. The van der Waals surface area contributed by atoms with Gasteiger partial charge in [0.15, 0.2) is 0 Å². The molecule has 2 spiro atoms. The Hall–Kier alpha value is -10.7. The van der Waals surface area contributed by atoms with Crippen LogP contribution in [0.5, 0.6) is 0 Å². The summed E-state index contributed by atoms with van der Waals surface area (Å²) in [6.45, 7) is 11.6. The Balaban J connectivity index is 0.859. The number of furan rings is 2. The highest BCUT2D eigenvalue weighted by Crippen LogP contribution is 2.70. The van der Waals surface area contributed by atoms with Gasteiger partial charge < -0.3 is 13.7 Å². The molecule has 0 amide bonds. The van der Waals surface area contributed by atoms with Crippen molar-refractivity contribution in [2.24, 2.45) is 0 Å². The minimum Gasteiger partial charge on any atom is -0.456 e. The third-order valence-corrected chi connectivity index (χ3v) is 24.6. The van der Waals surface area contributed by atoms with Crippen molar-refractivity contribution in [2.75, 3.05) is 4.90 Å². The Morgan fingerprint density at radius 3 is 1.37 bits per heavy atom. The highest BCUT2D eigenvalue weighted by Gasteiger charge is 2.57. The molecule has 0 saturated carbocycles. The topological polar surface area (TPSA) is 29.5 Å². The summed E-state index contributed by atoms with van der Waals surface area (Å²) in [6, 6.07) is 98.6. The lowest BCUT2D eigenvalue weighted by atomic mass is 9.68. The van der Waals surface area contributed by atoms with E-state index >= 15 is 0 Å². The van der Waals surface area contributed by atoms with Gasteiger partial charge in [-0.1, -0.05) is 278 Å². The molecule has 0 N–H and O–H groups in total. The lowest BCUT2D eigenvalue weighted by molar-refractivity contribution is 0.399. The second-order valence-corrected chi connectivity index (χ2v) is 30.1. The number of para-hydroxylation sites is 2. The van der Waals surface area contributed by atoms with Crippen LogP contribution >= 0.6 is 0 Å². The standard InChI is InChI=1S/C98H81NO2/c1-6-8-10-12-29-51-96(52-30-13-11-9-7-2)82-55-64(46-48-71(82)90-86(96)57-74(63-31-15-14-16-32-63)95-93(90)73-38-22-28-44-88(73)101-95)99(94-61(4)53-60(3)54-62(94)5)65-45-47-70-75-58-85-76(59-84(75)98(83(70)56-65)79-41-25-19-35-68(79)69-36-20-26-42-80(69)98)91-81(49-50-89-92(91)72-37-21-27-43-87(72)100-89)97(85)77-39-23-17-33-66(77)67-34-18-24-40-78(67)97/h14-28,31-50,53-59H,6-13,29-30,51-52H2,1-5H3. The van der Waals surface area contributed by atoms with Gasteiger partial charge in [0, 0.05) is 43.9 Å². The maximum atomic E-state index is 7.16. The summed E-state index contributed by atoms with van der Waals surface area (Å²) in [5, 5.41) is 4.77. The molecule has 5 aliphatic carbocycles. The molecular formula is C98H81NO2. The molecule has 3 heteroatoms. The Bertz CT molecular complexity index is 5820. The van der Waals surface area contributed by atoms with Gasteiger partial charge in [-0.05, 0) is 222 Å².